The Morgan fingerprint density at radius 2 is 2.24 bits per heavy atom. The van der Waals surface area contributed by atoms with Crippen molar-refractivity contribution in [1.82, 2.24) is 10.3 Å². The zero-order chi connectivity index (χ0) is 11.7. The van der Waals surface area contributed by atoms with Crippen molar-refractivity contribution in [2.75, 3.05) is 26.3 Å². The summed E-state index contributed by atoms with van der Waals surface area (Å²) < 4.78 is 11.4. The minimum Gasteiger partial charge on any atom is -0.445 e. The average Bonchev–Trinajstić information content (AvgIpc) is 2.99. The van der Waals surface area contributed by atoms with Crippen LogP contribution in [0.3, 0.4) is 0 Å². The fourth-order valence-corrected chi connectivity index (χ4v) is 2.80. The van der Waals surface area contributed by atoms with Gasteiger partial charge in [0.2, 0.25) is 0 Å². The maximum absolute atomic E-state index is 5.85. The number of hydrogen-bond acceptors (Lipinski definition) is 4. The minimum atomic E-state index is 0.440. The van der Waals surface area contributed by atoms with Gasteiger partial charge in [0.25, 0.3) is 0 Å². The number of nitrogens with zero attached hydrogens (tertiary/aromatic N) is 1. The van der Waals surface area contributed by atoms with Gasteiger partial charge in [0.05, 0.1) is 12.3 Å². The first-order chi connectivity index (χ1) is 8.34. The Kier molecular flexibility index (Phi) is 3.16. The van der Waals surface area contributed by atoms with E-state index >= 15 is 0 Å². The normalized spacial score (nSPS) is 29.7. The molecule has 2 atom stereocenters. The van der Waals surface area contributed by atoms with Crippen molar-refractivity contribution in [2.45, 2.75) is 38.0 Å². The third-order valence-corrected chi connectivity index (χ3v) is 3.81. The maximum Gasteiger partial charge on any atom is 0.199 e. The van der Waals surface area contributed by atoms with E-state index < -0.39 is 0 Å². The standard InChI is InChI=1S/C13H20N2O2/c1-9-12(11-3-2-6-16-8-11)15-13(17-9)10-4-5-14-7-10/h10-11,14H,2-8H2,1H3. The Bertz CT molecular complexity index is 377. The molecule has 2 fully saturated rings. The van der Waals surface area contributed by atoms with Gasteiger partial charge < -0.3 is 14.5 Å². The number of oxazole rings is 1. The fraction of sp³-hybridized carbons (Fsp3) is 0.769. The summed E-state index contributed by atoms with van der Waals surface area (Å²) >= 11 is 0. The number of ether oxygens (including phenoxy) is 1. The second-order valence-electron chi connectivity index (χ2n) is 5.10. The molecule has 0 aliphatic carbocycles. The molecule has 0 spiro atoms. The van der Waals surface area contributed by atoms with Gasteiger partial charge in [0, 0.05) is 25.0 Å². The van der Waals surface area contributed by atoms with E-state index in [9.17, 15) is 0 Å². The van der Waals surface area contributed by atoms with Crippen LogP contribution in [-0.4, -0.2) is 31.3 Å². The highest BCUT2D eigenvalue weighted by Gasteiger charge is 2.27. The third kappa shape index (κ3) is 2.24. The fourth-order valence-electron chi connectivity index (χ4n) is 2.80. The molecule has 1 aromatic rings. The van der Waals surface area contributed by atoms with Crippen LogP contribution in [0.5, 0.6) is 0 Å². The molecule has 3 rings (SSSR count). The van der Waals surface area contributed by atoms with Crippen molar-refractivity contribution in [1.29, 1.82) is 0 Å². The van der Waals surface area contributed by atoms with Gasteiger partial charge in [-0.2, -0.15) is 0 Å². The van der Waals surface area contributed by atoms with E-state index in [1.54, 1.807) is 0 Å². The Morgan fingerprint density at radius 1 is 1.29 bits per heavy atom. The summed E-state index contributed by atoms with van der Waals surface area (Å²) in [5.41, 5.74) is 1.13. The SMILES string of the molecule is Cc1oc(C2CCNC2)nc1C1CCCOC1. The highest BCUT2D eigenvalue weighted by Crippen LogP contribution is 2.31. The minimum absolute atomic E-state index is 0.440. The van der Waals surface area contributed by atoms with Crippen LogP contribution in [0.15, 0.2) is 4.42 Å². The van der Waals surface area contributed by atoms with Crippen molar-refractivity contribution in [3.8, 4) is 0 Å². The van der Waals surface area contributed by atoms with E-state index in [2.05, 4.69) is 5.32 Å². The molecule has 1 N–H and O–H groups in total. The molecule has 0 radical (unpaired) electrons. The molecule has 2 aliphatic rings. The largest absolute Gasteiger partial charge is 0.445 e. The van der Waals surface area contributed by atoms with E-state index in [0.29, 0.717) is 11.8 Å². The summed E-state index contributed by atoms with van der Waals surface area (Å²) in [5.74, 6) is 2.82. The van der Waals surface area contributed by atoms with E-state index in [0.717, 1.165) is 56.5 Å². The van der Waals surface area contributed by atoms with Crippen LogP contribution in [0.1, 0.15) is 48.4 Å². The molecule has 0 aromatic carbocycles. The first-order valence-corrected chi connectivity index (χ1v) is 6.60. The van der Waals surface area contributed by atoms with Crippen molar-refractivity contribution < 1.29 is 9.15 Å². The molecule has 1 aromatic heterocycles. The number of rotatable bonds is 2. The van der Waals surface area contributed by atoms with Crippen LogP contribution in [-0.2, 0) is 4.74 Å². The molecule has 0 saturated carbocycles. The van der Waals surface area contributed by atoms with Crippen molar-refractivity contribution >= 4 is 0 Å². The lowest BCUT2D eigenvalue weighted by molar-refractivity contribution is 0.0790. The zero-order valence-electron chi connectivity index (χ0n) is 10.4. The smallest absolute Gasteiger partial charge is 0.199 e. The average molecular weight is 236 g/mol. The molecule has 17 heavy (non-hydrogen) atoms. The lowest BCUT2D eigenvalue weighted by Crippen LogP contribution is -2.16. The number of nitrogens with one attached hydrogen (secondary N) is 1. The lowest BCUT2D eigenvalue weighted by atomic mass is 9.98. The second-order valence-corrected chi connectivity index (χ2v) is 5.10. The van der Waals surface area contributed by atoms with E-state index in [1.165, 1.54) is 6.42 Å². The first-order valence-electron chi connectivity index (χ1n) is 6.60. The number of aryl methyl sites for hydroxylation is 1. The number of hydrogen-bond donors (Lipinski definition) is 1. The van der Waals surface area contributed by atoms with Gasteiger partial charge in [-0.05, 0) is 32.7 Å². The van der Waals surface area contributed by atoms with Crippen LogP contribution >= 0.6 is 0 Å². The van der Waals surface area contributed by atoms with Gasteiger partial charge in [-0.15, -0.1) is 0 Å². The quantitative estimate of drug-likeness (QED) is 0.852. The van der Waals surface area contributed by atoms with Gasteiger partial charge in [-0.1, -0.05) is 0 Å². The predicted molar refractivity (Wildman–Crippen MR) is 64.3 cm³/mol. The molecule has 0 amide bonds. The third-order valence-electron chi connectivity index (χ3n) is 3.81. The monoisotopic (exact) mass is 236 g/mol. The van der Waals surface area contributed by atoms with Crippen LogP contribution in [0.4, 0.5) is 0 Å². The van der Waals surface area contributed by atoms with Gasteiger partial charge in [-0.25, -0.2) is 4.98 Å². The number of aromatic nitrogens is 1. The molecule has 94 valence electrons. The highest BCUT2D eigenvalue weighted by molar-refractivity contribution is 5.16. The lowest BCUT2D eigenvalue weighted by Gasteiger charge is -2.20. The Morgan fingerprint density at radius 3 is 2.94 bits per heavy atom. The van der Waals surface area contributed by atoms with Crippen molar-refractivity contribution in [2.24, 2.45) is 0 Å². The van der Waals surface area contributed by atoms with Gasteiger partial charge in [0.1, 0.15) is 5.76 Å². The summed E-state index contributed by atoms with van der Waals surface area (Å²) in [6, 6.07) is 0. The van der Waals surface area contributed by atoms with Gasteiger partial charge in [-0.3, -0.25) is 0 Å². The van der Waals surface area contributed by atoms with Gasteiger partial charge in [0.15, 0.2) is 5.89 Å². The summed E-state index contributed by atoms with van der Waals surface area (Å²) in [7, 11) is 0. The molecule has 0 bridgehead atoms. The van der Waals surface area contributed by atoms with Crippen LogP contribution in [0.25, 0.3) is 0 Å². The summed E-state index contributed by atoms with van der Waals surface area (Å²) in [6.07, 6.45) is 3.45. The van der Waals surface area contributed by atoms with E-state index in [-0.39, 0.29) is 0 Å². The summed E-state index contributed by atoms with van der Waals surface area (Å²) in [6.45, 7) is 5.81. The Labute approximate surface area is 102 Å². The zero-order valence-corrected chi connectivity index (χ0v) is 10.4. The molecule has 2 unspecified atom stereocenters. The molecule has 2 aliphatic heterocycles. The van der Waals surface area contributed by atoms with Crippen molar-refractivity contribution in [3.63, 3.8) is 0 Å². The Hall–Kier alpha value is -0.870. The maximum atomic E-state index is 5.85. The van der Waals surface area contributed by atoms with Crippen LogP contribution in [0.2, 0.25) is 0 Å². The second kappa shape index (κ2) is 4.78. The molecule has 4 nitrogen and oxygen atoms in total. The van der Waals surface area contributed by atoms with Gasteiger partial charge >= 0.3 is 0 Å². The summed E-state index contributed by atoms with van der Waals surface area (Å²) in [5, 5.41) is 3.35. The topological polar surface area (TPSA) is 47.3 Å². The summed E-state index contributed by atoms with van der Waals surface area (Å²) in [4.78, 5) is 4.73. The molecular weight excluding hydrogens is 216 g/mol. The van der Waals surface area contributed by atoms with Crippen molar-refractivity contribution in [3.05, 3.63) is 17.3 Å². The molecule has 2 saturated heterocycles. The molecule has 3 heterocycles. The highest BCUT2D eigenvalue weighted by atomic mass is 16.5. The van der Waals surface area contributed by atoms with Crippen LogP contribution in [0, 0.1) is 6.92 Å². The van der Waals surface area contributed by atoms with Crippen LogP contribution < -0.4 is 5.32 Å². The first kappa shape index (κ1) is 11.2. The van der Waals surface area contributed by atoms with E-state index in [4.69, 9.17) is 14.1 Å². The van der Waals surface area contributed by atoms with E-state index in [1.807, 2.05) is 6.92 Å². The predicted octanol–water partition coefficient (Wildman–Crippen LogP) is 1.95. The molecular formula is C13H20N2O2. The molecule has 4 heteroatoms. The Balaban J connectivity index is 1.79.